The number of benzene rings is 2. The van der Waals surface area contributed by atoms with E-state index in [1.165, 1.54) is 28.8 Å². The number of carbonyl (C=O) groups excluding carboxylic acids is 1. The van der Waals surface area contributed by atoms with Gasteiger partial charge in [-0.05, 0) is 48.0 Å². The fourth-order valence-corrected chi connectivity index (χ4v) is 5.04. The monoisotopic (exact) mass is 560 g/mol. The average Bonchev–Trinajstić information content (AvgIpc) is 3.21. The van der Waals surface area contributed by atoms with Crippen molar-refractivity contribution >= 4 is 40.5 Å². The molecule has 2 aromatic carbocycles. The summed E-state index contributed by atoms with van der Waals surface area (Å²) in [5.74, 6) is -0.610. The van der Waals surface area contributed by atoms with Crippen molar-refractivity contribution in [3.8, 4) is 17.5 Å². The van der Waals surface area contributed by atoms with E-state index in [4.69, 9.17) is 16.3 Å². The number of ether oxygens (including phenoxy) is 2. The zero-order valence-corrected chi connectivity index (χ0v) is 21.6. The molecule has 38 heavy (non-hydrogen) atoms. The van der Waals surface area contributed by atoms with Gasteiger partial charge in [0.05, 0.1) is 23.4 Å². The number of rotatable bonds is 8. The predicted octanol–water partition coefficient (Wildman–Crippen LogP) is 2.11. The summed E-state index contributed by atoms with van der Waals surface area (Å²) in [7, 11) is 0. The summed E-state index contributed by atoms with van der Waals surface area (Å²) in [6.45, 7) is 0.774. The minimum atomic E-state index is -2.95. The second kappa shape index (κ2) is 12.8. The van der Waals surface area contributed by atoms with E-state index in [0.29, 0.717) is 42.6 Å². The Bertz CT molecular complexity index is 1490. The van der Waals surface area contributed by atoms with Crippen molar-refractivity contribution in [2.45, 2.75) is 6.61 Å². The Morgan fingerprint density at radius 1 is 1.18 bits per heavy atom. The van der Waals surface area contributed by atoms with Crippen LogP contribution < -0.4 is 24.8 Å². The lowest BCUT2D eigenvalue weighted by Gasteiger charge is -2.26. The molecule has 0 spiro atoms. The summed E-state index contributed by atoms with van der Waals surface area (Å²) in [5, 5.41) is 13.1. The number of hydrogen-bond donors (Lipinski definition) is 1. The molecule has 0 saturated carbocycles. The van der Waals surface area contributed by atoms with Crippen LogP contribution in [0.3, 0.4) is 0 Å². The predicted molar refractivity (Wildman–Crippen MR) is 140 cm³/mol. The molecular weight excluding hydrogens is 538 g/mol. The highest BCUT2D eigenvalue weighted by Gasteiger charge is 2.18. The van der Waals surface area contributed by atoms with E-state index in [9.17, 15) is 23.6 Å². The molecule has 1 aliphatic heterocycles. The van der Waals surface area contributed by atoms with Crippen LogP contribution in [0.25, 0.3) is 17.3 Å². The first-order valence-electron chi connectivity index (χ1n) is 11.6. The quantitative estimate of drug-likeness (QED) is 0.453. The van der Waals surface area contributed by atoms with Crippen LogP contribution in [-0.2, 0) is 9.53 Å². The number of alkyl halides is 2. The van der Waals surface area contributed by atoms with Crippen LogP contribution >= 0.6 is 22.9 Å². The molecule has 12 heteroatoms. The van der Waals surface area contributed by atoms with Crippen molar-refractivity contribution < 1.29 is 23.0 Å². The Balaban J connectivity index is 1.73. The van der Waals surface area contributed by atoms with Gasteiger partial charge in [0.2, 0.25) is 0 Å². The lowest BCUT2D eigenvalue weighted by molar-refractivity contribution is -0.115. The summed E-state index contributed by atoms with van der Waals surface area (Å²) < 4.78 is 36.3. The SMILES string of the molecule is N#CC(C(=O)NCCN1CCOCC1)=c1sc(=Cc2ccc(OC(F)F)cc2)c(=O)n1-c1ccc(Cl)cc1. The van der Waals surface area contributed by atoms with Crippen LogP contribution in [0.5, 0.6) is 5.75 Å². The van der Waals surface area contributed by atoms with Gasteiger partial charge >= 0.3 is 6.61 Å². The van der Waals surface area contributed by atoms with Crippen LogP contribution in [0.15, 0.2) is 53.3 Å². The summed E-state index contributed by atoms with van der Waals surface area (Å²) in [5.41, 5.74) is 0.326. The van der Waals surface area contributed by atoms with Crippen LogP contribution in [0.4, 0.5) is 8.78 Å². The molecular formula is C26H23ClF2N4O4S. The lowest BCUT2D eigenvalue weighted by Crippen LogP contribution is -2.42. The summed E-state index contributed by atoms with van der Waals surface area (Å²) >= 11 is 7.00. The second-order valence-electron chi connectivity index (χ2n) is 8.18. The van der Waals surface area contributed by atoms with E-state index in [0.717, 1.165) is 24.4 Å². The molecule has 0 bridgehead atoms. The maximum atomic E-state index is 13.5. The Kier molecular flexibility index (Phi) is 9.25. The Morgan fingerprint density at radius 3 is 2.50 bits per heavy atom. The van der Waals surface area contributed by atoms with Gasteiger partial charge < -0.3 is 14.8 Å². The maximum Gasteiger partial charge on any atom is 0.387 e. The van der Waals surface area contributed by atoms with E-state index < -0.39 is 18.1 Å². The first kappa shape index (κ1) is 27.5. The highest BCUT2D eigenvalue weighted by molar-refractivity contribution is 7.07. The zero-order valence-electron chi connectivity index (χ0n) is 20.0. The van der Waals surface area contributed by atoms with Crippen molar-refractivity contribution in [3.63, 3.8) is 0 Å². The van der Waals surface area contributed by atoms with Gasteiger partial charge in [0.25, 0.3) is 11.5 Å². The topological polar surface area (TPSA) is 96.6 Å². The minimum absolute atomic E-state index is 0.0172. The van der Waals surface area contributed by atoms with Gasteiger partial charge in [0.15, 0.2) is 5.57 Å². The van der Waals surface area contributed by atoms with E-state index in [1.807, 2.05) is 6.07 Å². The first-order chi connectivity index (χ1) is 18.4. The normalized spacial score (nSPS) is 15.3. The Morgan fingerprint density at radius 2 is 1.87 bits per heavy atom. The highest BCUT2D eigenvalue weighted by Crippen LogP contribution is 2.15. The van der Waals surface area contributed by atoms with Crippen LogP contribution in [0.2, 0.25) is 5.02 Å². The van der Waals surface area contributed by atoms with Gasteiger partial charge in [-0.2, -0.15) is 14.0 Å². The molecule has 1 amide bonds. The number of nitrogens with one attached hydrogen (secondary N) is 1. The van der Waals surface area contributed by atoms with Gasteiger partial charge in [-0.3, -0.25) is 19.1 Å². The molecule has 8 nitrogen and oxygen atoms in total. The minimum Gasteiger partial charge on any atom is -0.435 e. The van der Waals surface area contributed by atoms with E-state index in [-0.39, 0.29) is 20.5 Å². The summed E-state index contributed by atoms with van der Waals surface area (Å²) in [6, 6.07) is 14.2. The lowest BCUT2D eigenvalue weighted by atomic mass is 10.2. The van der Waals surface area contributed by atoms with E-state index >= 15 is 0 Å². The van der Waals surface area contributed by atoms with Gasteiger partial charge in [0, 0.05) is 31.2 Å². The van der Waals surface area contributed by atoms with Gasteiger partial charge in [-0.1, -0.05) is 23.7 Å². The fourth-order valence-electron chi connectivity index (χ4n) is 3.81. The molecule has 198 valence electrons. The van der Waals surface area contributed by atoms with Crippen molar-refractivity contribution in [2.75, 3.05) is 39.4 Å². The third kappa shape index (κ3) is 6.85. The number of aromatic nitrogens is 1. The number of nitriles is 1. The number of carbonyl (C=O) groups is 1. The third-order valence-corrected chi connectivity index (χ3v) is 7.03. The number of halogens is 3. The molecule has 1 saturated heterocycles. The molecule has 1 N–H and O–H groups in total. The number of morpholine rings is 1. The summed E-state index contributed by atoms with van der Waals surface area (Å²) in [4.78, 5) is 28.6. The smallest absolute Gasteiger partial charge is 0.387 e. The van der Waals surface area contributed by atoms with Crippen molar-refractivity contribution in [1.29, 1.82) is 5.26 Å². The molecule has 1 aromatic heterocycles. The Hall–Kier alpha value is -3.56. The van der Waals surface area contributed by atoms with Crippen molar-refractivity contribution in [2.24, 2.45) is 0 Å². The molecule has 1 fully saturated rings. The van der Waals surface area contributed by atoms with E-state index in [1.54, 1.807) is 30.3 Å². The number of nitrogens with zero attached hydrogens (tertiary/aromatic N) is 3. The molecule has 0 radical (unpaired) electrons. The molecule has 4 rings (SSSR count). The second-order valence-corrected chi connectivity index (χ2v) is 9.64. The molecule has 0 atom stereocenters. The first-order valence-corrected chi connectivity index (χ1v) is 12.8. The third-order valence-electron chi connectivity index (χ3n) is 5.68. The van der Waals surface area contributed by atoms with Gasteiger partial charge in [-0.15, -0.1) is 11.3 Å². The Labute approximate surface area is 225 Å². The van der Waals surface area contributed by atoms with Crippen molar-refractivity contribution in [1.82, 2.24) is 14.8 Å². The van der Waals surface area contributed by atoms with Crippen molar-refractivity contribution in [3.05, 3.63) is 78.7 Å². The fraction of sp³-hybridized carbons (Fsp3) is 0.269. The number of thiazole rings is 1. The van der Waals surface area contributed by atoms with E-state index in [2.05, 4.69) is 15.0 Å². The molecule has 0 unspecified atom stereocenters. The number of hydrogen-bond acceptors (Lipinski definition) is 7. The largest absolute Gasteiger partial charge is 0.435 e. The average molecular weight is 561 g/mol. The van der Waals surface area contributed by atoms with Crippen LogP contribution in [0, 0.1) is 11.3 Å². The standard InChI is InChI=1S/C26H23ClF2N4O4S/c27-18-3-5-19(6-4-18)33-24(35)22(15-17-1-7-20(8-2-17)37-26(28)29)38-25(33)21(16-30)23(34)31-9-10-32-11-13-36-14-12-32/h1-8,15,26H,9-14H2,(H,31,34). The highest BCUT2D eigenvalue weighted by atomic mass is 35.5. The van der Waals surface area contributed by atoms with Crippen LogP contribution in [0.1, 0.15) is 5.56 Å². The van der Waals surface area contributed by atoms with Gasteiger partial charge in [0.1, 0.15) is 16.5 Å². The maximum absolute atomic E-state index is 13.5. The summed E-state index contributed by atoms with van der Waals surface area (Å²) in [6.07, 6.45) is 1.56. The molecule has 2 heterocycles. The molecule has 0 aliphatic carbocycles. The molecule has 1 aliphatic rings. The van der Waals surface area contributed by atoms with Crippen LogP contribution in [-0.4, -0.2) is 61.4 Å². The number of amides is 1. The molecule has 3 aromatic rings. The zero-order chi connectivity index (χ0) is 27.1. The van der Waals surface area contributed by atoms with Gasteiger partial charge in [-0.25, -0.2) is 0 Å².